The predicted molar refractivity (Wildman–Crippen MR) is 361 cm³/mol. The number of rotatable bonds is 26. The fourth-order valence-corrected chi connectivity index (χ4v) is 14.2. The maximum atomic E-state index is 15.4. The molecule has 4 fully saturated rings. The van der Waals surface area contributed by atoms with E-state index in [1.54, 1.807) is 130 Å². The monoisotopic (exact) mass is 1310 g/mol. The van der Waals surface area contributed by atoms with E-state index in [0.717, 1.165) is 75.3 Å². The molecule has 3 aromatic carbocycles. The molecule has 6 heterocycles. The summed E-state index contributed by atoms with van der Waals surface area (Å²) in [7, 11) is 3.39. The summed E-state index contributed by atoms with van der Waals surface area (Å²) in [6, 6.07) is 24.4. The molecule has 2 aliphatic heterocycles. The first kappa shape index (κ1) is 68.0. The summed E-state index contributed by atoms with van der Waals surface area (Å²) in [5, 5.41) is 18.6. The molecule has 0 radical (unpaired) electrons. The van der Waals surface area contributed by atoms with Crippen molar-refractivity contribution in [2.45, 2.75) is 152 Å². The number of imidazole rings is 2. The molecule has 24 nitrogen and oxygen atoms in total. The summed E-state index contributed by atoms with van der Waals surface area (Å²) in [6.45, 7) is 4.53. The van der Waals surface area contributed by atoms with Crippen molar-refractivity contribution in [3.05, 3.63) is 168 Å². The largest absolute Gasteiger partial charge is 0.347 e. The molecule has 506 valence electrons. The van der Waals surface area contributed by atoms with Crippen LogP contribution in [0.5, 0.6) is 0 Å². The first-order chi connectivity index (χ1) is 46.6. The SMILES string of the molecule is CN[C@@H](C)C(=O)N[C@H](C(=O)N1C[C@@H](NC(=O)c2ccc(C(=O)N[C@H]3C[C@@H](CN(CCc4ccccc4)C(=O)c4cn5cccnc5n4)N(C(=O)[C@@H](NC(=O)[C@H](C)NC)C4CCCCC4)C3)cc2)C[C@H]1CN(CCc1ccccc1)C(=O)c1cn2cccnc2n1)C1CCCCC1. The zero-order valence-corrected chi connectivity index (χ0v) is 55.4. The van der Waals surface area contributed by atoms with Crippen LogP contribution in [0.15, 0.2) is 134 Å². The molecule has 4 aromatic heterocycles. The molecule has 11 rings (SSSR count). The van der Waals surface area contributed by atoms with Crippen LogP contribution >= 0.6 is 0 Å². The van der Waals surface area contributed by atoms with Crippen LogP contribution in [0.25, 0.3) is 11.6 Å². The molecule has 96 heavy (non-hydrogen) atoms. The smallest absolute Gasteiger partial charge is 0.274 e. The first-order valence-electron chi connectivity index (χ1n) is 34.1. The summed E-state index contributed by atoms with van der Waals surface area (Å²) < 4.78 is 3.38. The molecule has 24 heteroatoms. The molecule has 7 aromatic rings. The number of carbonyl (C=O) groups excluding carboxylic acids is 8. The van der Waals surface area contributed by atoms with Crippen LogP contribution < -0.4 is 31.9 Å². The van der Waals surface area contributed by atoms with Gasteiger partial charge in [-0.05, 0) is 139 Å². The van der Waals surface area contributed by atoms with Crippen molar-refractivity contribution in [3.63, 3.8) is 0 Å². The molecule has 8 amide bonds. The van der Waals surface area contributed by atoms with Crippen LogP contribution in [0.2, 0.25) is 0 Å². The predicted octanol–water partition coefficient (Wildman–Crippen LogP) is 5.29. The van der Waals surface area contributed by atoms with E-state index < -0.39 is 60.1 Å². The van der Waals surface area contributed by atoms with Gasteiger partial charge < -0.3 is 51.5 Å². The molecule has 2 saturated heterocycles. The van der Waals surface area contributed by atoms with Gasteiger partial charge in [0.2, 0.25) is 35.2 Å². The number of fused-ring (bicyclic) bond motifs is 2. The van der Waals surface area contributed by atoms with Gasteiger partial charge in [-0.3, -0.25) is 47.2 Å². The molecule has 2 aliphatic carbocycles. The van der Waals surface area contributed by atoms with Crippen LogP contribution in [0.1, 0.15) is 144 Å². The van der Waals surface area contributed by atoms with Crippen molar-refractivity contribution < 1.29 is 38.4 Å². The van der Waals surface area contributed by atoms with E-state index >= 15 is 9.59 Å². The van der Waals surface area contributed by atoms with Gasteiger partial charge in [0.15, 0.2) is 0 Å². The first-order valence-corrected chi connectivity index (χ1v) is 34.1. The Kier molecular flexibility index (Phi) is 22.6. The minimum absolute atomic E-state index is 0.108. The maximum absolute atomic E-state index is 15.4. The normalized spacial score (nSPS) is 19.7. The quantitative estimate of drug-likeness (QED) is 0.0402. The average molecular weight is 1310 g/mol. The van der Waals surface area contributed by atoms with Crippen LogP contribution in [0, 0.1) is 11.8 Å². The Morgan fingerprint density at radius 2 is 0.896 bits per heavy atom. The number of hydrogen-bond donors (Lipinski definition) is 6. The highest BCUT2D eigenvalue weighted by molar-refractivity contribution is 5.99. The molecular weight excluding hydrogens is 1220 g/mol. The van der Waals surface area contributed by atoms with E-state index in [9.17, 15) is 28.8 Å². The lowest BCUT2D eigenvalue weighted by Gasteiger charge is -2.36. The Balaban J connectivity index is 0.827. The standard InChI is InChI=1S/C72H90N16O8/c1-47(73-3)63(89)81-61(51-23-13-7-14-24-51)69(95)87-41-55(39-57(87)43-83(37-31-49-19-9-5-10-20-49)67(93)59-45-85-35-17-33-75-71(85)79-59)77-65(91)53-27-29-54(30-28-53)66(92)78-56-40-58(88(42-56)70(96)62(52-25-15-8-16-26-52)82-64(90)48(2)74-4)44-84(38-32-50-21-11-6-12-22-50)68(94)60-46-86-36-18-34-76-72(86)80-60/h5-6,9-12,17-22,27-30,33-36,45-48,51-52,55-58,61-62,73-74H,7-8,13-16,23-26,31-32,37-44H2,1-4H3,(H,77,91)(H,78,92)(H,81,89)(H,82,90)/t47-,48-,55-,56-,57-,58-,61-,62-/m0/s1. The highest BCUT2D eigenvalue weighted by Gasteiger charge is 2.45. The highest BCUT2D eigenvalue weighted by atomic mass is 16.2. The van der Waals surface area contributed by atoms with Crippen molar-refractivity contribution in [2.24, 2.45) is 11.8 Å². The number of amides is 8. The Bertz CT molecular complexity index is 3520. The average Bonchev–Trinajstić information content (AvgIpc) is 1.64. The highest BCUT2D eigenvalue weighted by Crippen LogP contribution is 2.33. The van der Waals surface area contributed by atoms with Crippen molar-refractivity contribution in [3.8, 4) is 0 Å². The summed E-state index contributed by atoms with van der Waals surface area (Å²) in [6.07, 6.45) is 20.5. The molecule has 6 N–H and O–H groups in total. The second-order valence-electron chi connectivity index (χ2n) is 26.3. The van der Waals surface area contributed by atoms with Crippen molar-refractivity contribution in [1.29, 1.82) is 0 Å². The zero-order valence-electron chi connectivity index (χ0n) is 55.4. The lowest BCUT2D eigenvalue weighted by atomic mass is 9.83. The summed E-state index contributed by atoms with van der Waals surface area (Å²) >= 11 is 0. The number of nitrogens with zero attached hydrogens (tertiary/aromatic N) is 10. The number of benzene rings is 3. The van der Waals surface area contributed by atoms with E-state index in [4.69, 9.17) is 0 Å². The third kappa shape index (κ3) is 16.6. The van der Waals surface area contributed by atoms with Crippen LogP contribution in [-0.2, 0) is 32.0 Å². The Morgan fingerprint density at radius 1 is 0.510 bits per heavy atom. The lowest BCUT2D eigenvalue weighted by Crippen LogP contribution is -2.57. The molecular formula is C72H90N16O8. The van der Waals surface area contributed by atoms with Gasteiger partial charge in [-0.2, -0.15) is 0 Å². The molecule has 0 bridgehead atoms. The van der Waals surface area contributed by atoms with E-state index in [-0.39, 0.29) is 96.0 Å². The summed E-state index contributed by atoms with van der Waals surface area (Å²) in [5.41, 5.74) is 2.97. The minimum Gasteiger partial charge on any atom is -0.347 e. The molecule has 8 atom stereocenters. The van der Waals surface area contributed by atoms with Gasteiger partial charge in [-0.15, -0.1) is 0 Å². The molecule has 2 saturated carbocycles. The molecule has 0 unspecified atom stereocenters. The van der Waals surface area contributed by atoms with Crippen molar-refractivity contribution in [2.75, 3.05) is 53.4 Å². The third-order valence-corrected chi connectivity index (χ3v) is 19.9. The van der Waals surface area contributed by atoms with Gasteiger partial charge in [0.05, 0.1) is 24.2 Å². The van der Waals surface area contributed by atoms with E-state index in [1.165, 1.54) is 0 Å². The van der Waals surface area contributed by atoms with E-state index in [1.807, 2.05) is 60.7 Å². The van der Waals surface area contributed by atoms with Gasteiger partial charge in [0.1, 0.15) is 23.5 Å². The van der Waals surface area contributed by atoms with Crippen LogP contribution in [0.3, 0.4) is 0 Å². The van der Waals surface area contributed by atoms with E-state index in [2.05, 4.69) is 51.8 Å². The Morgan fingerprint density at radius 3 is 1.26 bits per heavy atom. The van der Waals surface area contributed by atoms with Gasteiger partial charge in [0.25, 0.3) is 23.6 Å². The Labute approximate surface area is 560 Å². The maximum Gasteiger partial charge on any atom is 0.274 e. The van der Waals surface area contributed by atoms with Gasteiger partial charge in [-0.1, -0.05) is 99.2 Å². The van der Waals surface area contributed by atoms with Gasteiger partial charge in [-0.25, -0.2) is 19.9 Å². The summed E-state index contributed by atoms with van der Waals surface area (Å²) in [5.74, 6) is -2.17. The lowest BCUT2D eigenvalue weighted by molar-refractivity contribution is -0.140. The number of carbonyl (C=O) groups is 8. The van der Waals surface area contributed by atoms with Crippen molar-refractivity contribution >= 4 is 58.8 Å². The van der Waals surface area contributed by atoms with E-state index in [0.29, 0.717) is 50.3 Å². The summed E-state index contributed by atoms with van der Waals surface area (Å²) in [4.78, 5) is 141. The van der Waals surface area contributed by atoms with Crippen LogP contribution in [-0.4, -0.2) is 197 Å². The third-order valence-electron chi connectivity index (χ3n) is 19.9. The topological polar surface area (TPSA) is 282 Å². The number of likely N-dealkylation sites (N-methyl/N-ethyl adjacent to an activating group) is 2. The number of nitrogens with one attached hydrogen (secondary N) is 6. The second kappa shape index (κ2) is 31.9. The molecule has 0 spiro atoms. The Hall–Kier alpha value is -9.42. The number of aromatic nitrogens is 6. The zero-order chi connectivity index (χ0) is 67.2. The second-order valence-corrected chi connectivity index (χ2v) is 26.3. The van der Waals surface area contributed by atoms with Gasteiger partial charge >= 0.3 is 0 Å². The fourth-order valence-electron chi connectivity index (χ4n) is 14.2. The number of likely N-dealkylation sites (tertiary alicyclic amines) is 2. The van der Waals surface area contributed by atoms with Crippen LogP contribution in [0.4, 0.5) is 0 Å². The minimum atomic E-state index is -0.838. The number of hydrogen-bond acceptors (Lipinski definition) is 14. The van der Waals surface area contributed by atoms with Gasteiger partial charge in [0, 0.05) is 99.7 Å². The molecule has 4 aliphatic rings. The fraction of sp³-hybridized carbons (Fsp3) is 0.472. The van der Waals surface area contributed by atoms with Crippen molar-refractivity contribution in [1.82, 2.24) is 80.2 Å².